The first-order valence-corrected chi connectivity index (χ1v) is 8.99. The summed E-state index contributed by atoms with van der Waals surface area (Å²) in [6.45, 7) is 0. The molecule has 118 valence electrons. The molecule has 0 spiro atoms. The zero-order valence-corrected chi connectivity index (χ0v) is 14.2. The molecule has 1 aromatic carbocycles. The van der Waals surface area contributed by atoms with Gasteiger partial charge >= 0.3 is 0 Å². The van der Waals surface area contributed by atoms with Gasteiger partial charge in [-0.1, -0.05) is 61.2 Å². The second-order valence-corrected chi connectivity index (χ2v) is 7.15. The summed E-state index contributed by atoms with van der Waals surface area (Å²) in [5.41, 5.74) is 1.32. The summed E-state index contributed by atoms with van der Waals surface area (Å²) < 4.78 is 0. The Morgan fingerprint density at radius 1 is 1.22 bits per heavy atom. The van der Waals surface area contributed by atoms with Gasteiger partial charge in [-0.3, -0.25) is 4.79 Å². The predicted octanol–water partition coefficient (Wildman–Crippen LogP) is 5.46. The minimum atomic E-state index is 0.0127. The van der Waals surface area contributed by atoms with Crippen LogP contribution in [0.5, 0.6) is 0 Å². The number of benzene rings is 1. The van der Waals surface area contributed by atoms with Crippen LogP contribution < -0.4 is 5.32 Å². The van der Waals surface area contributed by atoms with Crippen molar-refractivity contribution in [3.05, 3.63) is 40.9 Å². The number of rotatable bonds is 3. The summed E-state index contributed by atoms with van der Waals surface area (Å²) in [6.07, 6.45) is 5.26. The summed E-state index contributed by atoms with van der Waals surface area (Å²) in [6, 6.07) is 11.8. The first-order valence-electron chi connectivity index (χ1n) is 7.79. The maximum atomic E-state index is 12.4. The molecule has 3 rings (SSSR count). The number of carbonyl (C=O) groups excluding carboxylic acids is 1. The number of anilines is 1. The summed E-state index contributed by atoms with van der Waals surface area (Å²) in [7, 11) is 0. The normalized spacial score (nSPS) is 15.1. The highest BCUT2D eigenvalue weighted by atomic mass is 35.5. The van der Waals surface area contributed by atoms with Crippen molar-refractivity contribution in [1.82, 2.24) is 0 Å². The SMILES string of the molecule is N#Cc1c(NC(=O)C2CCCCC2)sc(-c2ccccc2)c1Cl. The highest BCUT2D eigenvalue weighted by Gasteiger charge is 2.24. The molecule has 0 atom stereocenters. The van der Waals surface area contributed by atoms with Crippen LogP contribution in [0.25, 0.3) is 10.4 Å². The van der Waals surface area contributed by atoms with Crippen molar-refractivity contribution < 1.29 is 4.79 Å². The minimum absolute atomic E-state index is 0.0127. The lowest BCUT2D eigenvalue weighted by Gasteiger charge is -2.20. The Bertz CT molecular complexity index is 742. The number of nitriles is 1. The van der Waals surface area contributed by atoms with Gasteiger partial charge < -0.3 is 5.32 Å². The molecule has 0 unspecified atom stereocenters. The number of hydrogen-bond acceptors (Lipinski definition) is 3. The molecule has 23 heavy (non-hydrogen) atoms. The van der Waals surface area contributed by atoms with E-state index in [2.05, 4.69) is 11.4 Å². The maximum Gasteiger partial charge on any atom is 0.228 e. The second-order valence-electron chi connectivity index (χ2n) is 5.75. The van der Waals surface area contributed by atoms with E-state index in [0.717, 1.165) is 36.1 Å². The highest BCUT2D eigenvalue weighted by Crippen LogP contribution is 2.43. The van der Waals surface area contributed by atoms with E-state index in [4.69, 9.17) is 11.6 Å². The van der Waals surface area contributed by atoms with E-state index < -0.39 is 0 Å². The van der Waals surface area contributed by atoms with Crippen LogP contribution in [0, 0.1) is 17.2 Å². The molecular weight excluding hydrogens is 328 g/mol. The van der Waals surface area contributed by atoms with Gasteiger partial charge in [-0.05, 0) is 18.4 Å². The number of amides is 1. The van der Waals surface area contributed by atoms with Gasteiger partial charge in [0.05, 0.1) is 9.90 Å². The number of nitrogens with one attached hydrogen (secondary N) is 1. The maximum absolute atomic E-state index is 12.4. The molecule has 1 saturated carbocycles. The van der Waals surface area contributed by atoms with Crippen LogP contribution in [-0.2, 0) is 4.79 Å². The molecule has 0 radical (unpaired) electrons. The Kier molecular flexibility index (Phi) is 5.00. The molecule has 2 aromatic rings. The molecule has 0 aliphatic heterocycles. The molecule has 5 heteroatoms. The van der Waals surface area contributed by atoms with Crippen LogP contribution in [0.1, 0.15) is 37.7 Å². The third kappa shape index (κ3) is 3.41. The highest BCUT2D eigenvalue weighted by molar-refractivity contribution is 7.20. The summed E-state index contributed by atoms with van der Waals surface area (Å²) in [4.78, 5) is 13.3. The number of carbonyl (C=O) groups is 1. The van der Waals surface area contributed by atoms with E-state index in [-0.39, 0.29) is 11.8 Å². The van der Waals surface area contributed by atoms with Crippen LogP contribution in [0.4, 0.5) is 5.00 Å². The van der Waals surface area contributed by atoms with E-state index in [1.165, 1.54) is 17.8 Å². The van der Waals surface area contributed by atoms with E-state index in [1.807, 2.05) is 30.3 Å². The minimum Gasteiger partial charge on any atom is -0.316 e. The fourth-order valence-corrected chi connectivity index (χ4v) is 4.42. The fraction of sp³-hybridized carbons (Fsp3) is 0.333. The topological polar surface area (TPSA) is 52.9 Å². The van der Waals surface area contributed by atoms with Crippen LogP contribution in [0.15, 0.2) is 30.3 Å². The molecule has 0 saturated heterocycles. The van der Waals surface area contributed by atoms with Crippen molar-refractivity contribution in [3.8, 4) is 16.5 Å². The summed E-state index contributed by atoms with van der Waals surface area (Å²) in [5.74, 6) is 0.0649. The van der Waals surface area contributed by atoms with Crippen molar-refractivity contribution in [2.24, 2.45) is 5.92 Å². The molecule has 1 aliphatic rings. The molecule has 0 bridgehead atoms. The van der Waals surface area contributed by atoms with Crippen LogP contribution >= 0.6 is 22.9 Å². The third-order valence-electron chi connectivity index (χ3n) is 4.21. The Hall–Kier alpha value is -1.83. The van der Waals surface area contributed by atoms with E-state index in [9.17, 15) is 10.1 Å². The van der Waals surface area contributed by atoms with Crippen molar-refractivity contribution in [2.45, 2.75) is 32.1 Å². The Morgan fingerprint density at radius 2 is 1.91 bits per heavy atom. The van der Waals surface area contributed by atoms with Crippen LogP contribution in [0.2, 0.25) is 5.02 Å². The number of thiophene rings is 1. The van der Waals surface area contributed by atoms with Gasteiger partial charge in [0.25, 0.3) is 0 Å². The summed E-state index contributed by atoms with van der Waals surface area (Å²) >= 11 is 7.74. The molecular formula is C18H17ClN2OS. The molecule has 1 fully saturated rings. The van der Waals surface area contributed by atoms with Gasteiger partial charge in [-0.2, -0.15) is 5.26 Å². The molecule has 3 nitrogen and oxygen atoms in total. The molecule has 1 heterocycles. The molecule has 1 aromatic heterocycles. The van der Waals surface area contributed by atoms with Crippen LogP contribution in [0.3, 0.4) is 0 Å². The van der Waals surface area contributed by atoms with E-state index >= 15 is 0 Å². The Labute approximate surface area is 144 Å². The predicted molar refractivity (Wildman–Crippen MR) is 94.7 cm³/mol. The fourth-order valence-electron chi connectivity index (χ4n) is 2.95. The van der Waals surface area contributed by atoms with Gasteiger partial charge in [0.2, 0.25) is 5.91 Å². The Morgan fingerprint density at radius 3 is 2.57 bits per heavy atom. The first-order chi connectivity index (χ1) is 11.2. The van der Waals surface area contributed by atoms with Gasteiger partial charge in [0, 0.05) is 5.92 Å². The average molecular weight is 345 g/mol. The lowest BCUT2D eigenvalue weighted by atomic mass is 9.89. The zero-order chi connectivity index (χ0) is 16.2. The smallest absolute Gasteiger partial charge is 0.228 e. The quantitative estimate of drug-likeness (QED) is 0.803. The van der Waals surface area contributed by atoms with Crippen molar-refractivity contribution in [2.75, 3.05) is 5.32 Å². The van der Waals surface area contributed by atoms with Crippen LogP contribution in [-0.4, -0.2) is 5.91 Å². The molecule has 1 amide bonds. The number of halogens is 1. The molecule has 1 N–H and O–H groups in total. The zero-order valence-electron chi connectivity index (χ0n) is 12.6. The largest absolute Gasteiger partial charge is 0.316 e. The van der Waals surface area contributed by atoms with Gasteiger partial charge in [-0.15, -0.1) is 11.3 Å². The number of nitrogens with zero attached hydrogens (tertiary/aromatic N) is 1. The van der Waals surface area contributed by atoms with E-state index in [1.54, 1.807) is 0 Å². The number of hydrogen-bond donors (Lipinski definition) is 1. The standard InChI is InChI=1S/C18H17ClN2OS/c19-15-14(11-20)18(21-17(22)13-9-5-2-6-10-13)23-16(15)12-7-3-1-4-8-12/h1,3-4,7-8,13H,2,5-6,9-10H2,(H,21,22). The van der Waals surface area contributed by atoms with Crippen molar-refractivity contribution in [3.63, 3.8) is 0 Å². The first kappa shape index (κ1) is 16.0. The summed E-state index contributed by atoms with van der Waals surface area (Å²) in [5, 5.41) is 13.3. The van der Waals surface area contributed by atoms with Gasteiger partial charge in [0.1, 0.15) is 16.6 Å². The van der Waals surface area contributed by atoms with Gasteiger partial charge in [-0.25, -0.2) is 0 Å². The van der Waals surface area contributed by atoms with Crippen molar-refractivity contribution in [1.29, 1.82) is 5.26 Å². The third-order valence-corrected chi connectivity index (χ3v) is 5.85. The molecule has 1 aliphatic carbocycles. The monoisotopic (exact) mass is 344 g/mol. The second kappa shape index (κ2) is 7.16. The lowest BCUT2D eigenvalue weighted by molar-refractivity contribution is -0.120. The van der Waals surface area contributed by atoms with E-state index in [0.29, 0.717) is 15.6 Å². The average Bonchev–Trinajstić information content (AvgIpc) is 2.92. The lowest BCUT2D eigenvalue weighted by Crippen LogP contribution is -2.24. The van der Waals surface area contributed by atoms with Crippen molar-refractivity contribution >= 4 is 33.8 Å². The van der Waals surface area contributed by atoms with Gasteiger partial charge in [0.15, 0.2) is 0 Å². The Balaban J connectivity index is 1.87.